The summed E-state index contributed by atoms with van der Waals surface area (Å²) < 4.78 is 5.57. The van der Waals surface area contributed by atoms with E-state index in [2.05, 4.69) is 9.97 Å². The van der Waals surface area contributed by atoms with Gasteiger partial charge in [-0.1, -0.05) is 12.1 Å². The maximum atomic E-state index is 5.57. The number of hydrogen-bond donors (Lipinski definition) is 1. The zero-order valence-corrected chi connectivity index (χ0v) is 7.86. The van der Waals surface area contributed by atoms with Gasteiger partial charge in [-0.15, -0.1) is 0 Å². The molecule has 1 aliphatic rings. The van der Waals surface area contributed by atoms with Crippen LogP contribution in [-0.4, -0.2) is 16.6 Å². The van der Waals surface area contributed by atoms with Gasteiger partial charge >= 0.3 is 0 Å². The Labute approximate surface area is 82.1 Å². The van der Waals surface area contributed by atoms with Crippen LogP contribution in [0, 0.1) is 0 Å². The summed E-state index contributed by atoms with van der Waals surface area (Å²) in [6, 6.07) is 8.08. The number of nitrogens with zero attached hydrogens (tertiary/aromatic N) is 1. The Hall–Kier alpha value is -1.35. The Bertz CT molecular complexity index is 410. The smallest absolute Gasteiger partial charge is 0.136 e. The number of fused-ring (bicyclic) bond motifs is 1. The summed E-state index contributed by atoms with van der Waals surface area (Å²) in [4.78, 5) is 7.82. The highest BCUT2D eigenvalue weighted by Gasteiger charge is 2.20. The van der Waals surface area contributed by atoms with Crippen molar-refractivity contribution >= 4 is 11.0 Å². The summed E-state index contributed by atoms with van der Waals surface area (Å²) in [6.07, 6.45) is 2.41. The Kier molecular flexibility index (Phi) is 1.77. The van der Waals surface area contributed by atoms with E-state index in [4.69, 9.17) is 4.74 Å². The second-order valence-electron chi connectivity index (χ2n) is 3.64. The molecule has 1 aliphatic heterocycles. The van der Waals surface area contributed by atoms with Crippen molar-refractivity contribution in [3.8, 4) is 0 Å². The Balaban J connectivity index is 2.05. The van der Waals surface area contributed by atoms with Gasteiger partial charge in [0.25, 0.3) is 0 Å². The summed E-state index contributed by atoms with van der Waals surface area (Å²) in [6.45, 7) is 0.863. The molecule has 1 aromatic carbocycles. The van der Waals surface area contributed by atoms with Gasteiger partial charge in [-0.3, -0.25) is 0 Å². The molecule has 0 spiro atoms. The van der Waals surface area contributed by atoms with Gasteiger partial charge in [0.05, 0.1) is 11.0 Å². The van der Waals surface area contributed by atoms with Gasteiger partial charge in [-0.25, -0.2) is 4.98 Å². The van der Waals surface area contributed by atoms with E-state index in [0.717, 1.165) is 36.3 Å². The molecule has 1 aromatic heterocycles. The molecule has 2 heterocycles. The molecule has 2 aromatic rings. The summed E-state index contributed by atoms with van der Waals surface area (Å²) in [5.74, 6) is 0.976. The largest absolute Gasteiger partial charge is 0.370 e. The molecule has 3 nitrogen and oxygen atoms in total. The van der Waals surface area contributed by atoms with E-state index in [-0.39, 0.29) is 6.10 Å². The van der Waals surface area contributed by atoms with Gasteiger partial charge in [0.15, 0.2) is 0 Å². The molecule has 0 aliphatic carbocycles. The number of aromatic amines is 1. The molecule has 3 heteroatoms. The molecule has 14 heavy (non-hydrogen) atoms. The summed E-state index contributed by atoms with van der Waals surface area (Å²) >= 11 is 0. The molecule has 0 radical (unpaired) electrons. The molecule has 1 N–H and O–H groups in total. The average Bonchev–Trinajstić information content (AvgIpc) is 2.86. The first-order valence-corrected chi connectivity index (χ1v) is 5.00. The van der Waals surface area contributed by atoms with Crippen LogP contribution >= 0.6 is 0 Å². The lowest BCUT2D eigenvalue weighted by Gasteiger charge is -2.03. The van der Waals surface area contributed by atoms with Crippen LogP contribution in [0.25, 0.3) is 11.0 Å². The van der Waals surface area contributed by atoms with Gasteiger partial charge in [0, 0.05) is 6.61 Å². The third-order valence-electron chi connectivity index (χ3n) is 2.64. The predicted molar refractivity (Wildman–Crippen MR) is 54.0 cm³/mol. The second kappa shape index (κ2) is 3.10. The number of imidazole rings is 1. The second-order valence-corrected chi connectivity index (χ2v) is 3.64. The first-order chi connectivity index (χ1) is 6.93. The van der Waals surface area contributed by atoms with Crippen molar-refractivity contribution in [2.45, 2.75) is 18.9 Å². The van der Waals surface area contributed by atoms with E-state index in [1.165, 1.54) is 0 Å². The maximum absolute atomic E-state index is 5.57. The van der Waals surface area contributed by atoms with Crippen LogP contribution in [0.3, 0.4) is 0 Å². The third-order valence-corrected chi connectivity index (χ3v) is 2.64. The maximum Gasteiger partial charge on any atom is 0.136 e. The molecule has 3 rings (SSSR count). The van der Waals surface area contributed by atoms with Crippen LogP contribution in [0.15, 0.2) is 24.3 Å². The summed E-state index contributed by atoms with van der Waals surface area (Å²) in [5.41, 5.74) is 2.12. The lowest BCUT2D eigenvalue weighted by atomic mass is 10.2. The van der Waals surface area contributed by atoms with E-state index in [1.807, 2.05) is 24.3 Å². The van der Waals surface area contributed by atoms with Crippen LogP contribution in [-0.2, 0) is 4.74 Å². The molecule has 72 valence electrons. The quantitative estimate of drug-likeness (QED) is 0.746. The monoisotopic (exact) mass is 188 g/mol. The molecular weight excluding hydrogens is 176 g/mol. The minimum absolute atomic E-state index is 0.183. The Morgan fingerprint density at radius 3 is 3.07 bits per heavy atom. The van der Waals surface area contributed by atoms with Crippen LogP contribution in [0.2, 0.25) is 0 Å². The van der Waals surface area contributed by atoms with E-state index in [0.29, 0.717) is 0 Å². The lowest BCUT2D eigenvalue weighted by Crippen LogP contribution is -1.97. The predicted octanol–water partition coefficient (Wildman–Crippen LogP) is 2.41. The van der Waals surface area contributed by atoms with Crippen molar-refractivity contribution in [2.75, 3.05) is 6.61 Å². The molecule has 1 unspecified atom stereocenters. The van der Waals surface area contributed by atoms with Gasteiger partial charge in [-0.2, -0.15) is 0 Å². The number of ether oxygens (including phenoxy) is 1. The molecular formula is C11H12N2O. The highest BCUT2D eigenvalue weighted by molar-refractivity contribution is 5.74. The first kappa shape index (κ1) is 8.00. The minimum atomic E-state index is 0.183. The van der Waals surface area contributed by atoms with E-state index in [9.17, 15) is 0 Å². The number of aromatic nitrogens is 2. The average molecular weight is 188 g/mol. The fraction of sp³-hybridized carbons (Fsp3) is 0.364. The summed E-state index contributed by atoms with van der Waals surface area (Å²) in [7, 11) is 0. The van der Waals surface area contributed by atoms with Crippen molar-refractivity contribution in [3.63, 3.8) is 0 Å². The van der Waals surface area contributed by atoms with E-state index in [1.54, 1.807) is 0 Å². The number of H-pyrrole nitrogens is 1. The topological polar surface area (TPSA) is 37.9 Å². The van der Waals surface area contributed by atoms with Crippen molar-refractivity contribution in [1.29, 1.82) is 0 Å². The van der Waals surface area contributed by atoms with Crippen molar-refractivity contribution < 1.29 is 4.74 Å². The highest BCUT2D eigenvalue weighted by Crippen LogP contribution is 2.27. The molecule has 1 saturated heterocycles. The standard InChI is InChI=1S/C11H12N2O/c1-2-5-9-8(4-1)12-11(13-9)10-6-3-7-14-10/h1-2,4-5,10H,3,6-7H2,(H,12,13). The molecule has 1 atom stereocenters. The lowest BCUT2D eigenvalue weighted by molar-refractivity contribution is 0.106. The number of rotatable bonds is 1. The molecule has 0 bridgehead atoms. The number of benzene rings is 1. The fourth-order valence-electron chi connectivity index (χ4n) is 1.92. The van der Waals surface area contributed by atoms with Gasteiger partial charge < -0.3 is 9.72 Å². The number of nitrogens with one attached hydrogen (secondary N) is 1. The SMILES string of the molecule is c1ccc2[nH]c(C3CCCO3)nc2c1. The van der Waals surface area contributed by atoms with Crippen LogP contribution in [0.4, 0.5) is 0 Å². The van der Waals surface area contributed by atoms with Crippen LogP contribution in [0.1, 0.15) is 24.8 Å². The Morgan fingerprint density at radius 2 is 2.29 bits per heavy atom. The van der Waals surface area contributed by atoms with Crippen LogP contribution < -0.4 is 0 Å². The van der Waals surface area contributed by atoms with Crippen LogP contribution in [0.5, 0.6) is 0 Å². The van der Waals surface area contributed by atoms with Gasteiger partial charge in [0.2, 0.25) is 0 Å². The summed E-state index contributed by atoms with van der Waals surface area (Å²) in [5, 5.41) is 0. The van der Waals surface area contributed by atoms with Crippen molar-refractivity contribution in [2.24, 2.45) is 0 Å². The van der Waals surface area contributed by atoms with Crippen molar-refractivity contribution in [3.05, 3.63) is 30.1 Å². The minimum Gasteiger partial charge on any atom is -0.370 e. The number of para-hydroxylation sites is 2. The zero-order valence-electron chi connectivity index (χ0n) is 7.86. The van der Waals surface area contributed by atoms with Gasteiger partial charge in [-0.05, 0) is 25.0 Å². The van der Waals surface area contributed by atoms with Gasteiger partial charge in [0.1, 0.15) is 11.9 Å². The normalized spacial score (nSPS) is 21.9. The highest BCUT2D eigenvalue weighted by atomic mass is 16.5. The Morgan fingerprint density at radius 1 is 1.36 bits per heavy atom. The molecule has 1 fully saturated rings. The molecule has 0 saturated carbocycles. The van der Waals surface area contributed by atoms with Crippen molar-refractivity contribution in [1.82, 2.24) is 9.97 Å². The van der Waals surface area contributed by atoms with E-state index >= 15 is 0 Å². The fourth-order valence-corrected chi connectivity index (χ4v) is 1.92. The third kappa shape index (κ3) is 1.21. The zero-order chi connectivity index (χ0) is 9.38. The van der Waals surface area contributed by atoms with E-state index < -0.39 is 0 Å². The molecule has 0 amide bonds. The first-order valence-electron chi connectivity index (χ1n) is 5.00. The number of hydrogen-bond acceptors (Lipinski definition) is 2.